The third kappa shape index (κ3) is 3.44. The molecule has 11 heteroatoms. The van der Waals surface area contributed by atoms with E-state index in [1.165, 1.54) is 25.4 Å². The molecule has 2 aromatic rings. The van der Waals surface area contributed by atoms with E-state index in [-0.39, 0.29) is 39.3 Å². The number of rotatable bonds is 3. The van der Waals surface area contributed by atoms with Gasteiger partial charge in [-0.15, -0.1) is 0 Å². The molecule has 3 aliphatic heterocycles. The maximum Gasteiger partial charge on any atom is 0.353 e. The molecule has 1 spiro atoms. The van der Waals surface area contributed by atoms with E-state index in [2.05, 4.69) is 9.97 Å². The van der Waals surface area contributed by atoms with Gasteiger partial charge in [-0.2, -0.15) is 8.78 Å². The molecule has 2 atom stereocenters. The molecule has 0 saturated carbocycles. The van der Waals surface area contributed by atoms with E-state index >= 15 is 0 Å². The van der Waals surface area contributed by atoms with E-state index in [0.717, 1.165) is 29.5 Å². The van der Waals surface area contributed by atoms with Gasteiger partial charge in [0.25, 0.3) is 5.56 Å². The van der Waals surface area contributed by atoms with Crippen LogP contribution in [0, 0.1) is 5.41 Å². The smallest absolute Gasteiger partial charge is 0.353 e. The van der Waals surface area contributed by atoms with E-state index in [4.69, 9.17) is 10.5 Å². The fraction of sp³-hybridized carbons (Fsp3) is 0.500. The predicted molar refractivity (Wildman–Crippen MR) is 120 cm³/mol. The number of benzene rings is 1. The lowest BCUT2D eigenvalue weighted by Gasteiger charge is -2.41. The van der Waals surface area contributed by atoms with Crippen LogP contribution in [-0.2, 0) is 15.5 Å². The van der Waals surface area contributed by atoms with Crippen LogP contribution in [0.3, 0.4) is 0 Å². The van der Waals surface area contributed by atoms with Crippen LogP contribution in [-0.4, -0.2) is 54.8 Å². The molecule has 8 nitrogen and oxygen atoms in total. The first kappa shape index (κ1) is 22.3. The molecule has 1 amide bonds. The molecule has 2 fully saturated rings. The number of halogens is 2. The molecule has 0 radical (unpaired) electrons. The fourth-order valence-corrected chi connectivity index (χ4v) is 6.00. The van der Waals surface area contributed by atoms with E-state index in [9.17, 15) is 18.4 Å². The molecule has 3 aliphatic rings. The number of amides is 1. The number of likely N-dealkylation sites (N-methyl/N-ethyl adjacent to an activating group) is 1. The van der Waals surface area contributed by atoms with Crippen molar-refractivity contribution in [3.63, 3.8) is 0 Å². The molecule has 1 aromatic carbocycles. The summed E-state index contributed by atoms with van der Waals surface area (Å²) in [6.07, 6.45) is 3.11. The van der Waals surface area contributed by atoms with Crippen molar-refractivity contribution in [1.82, 2.24) is 9.97 Å². The number of anilines is 2. The summed E-state index contributed by atoms with van der Waals surface area (Å²) in [6.45, 7) is 3.89. The number of H-pyrrole nitrogens is 1. The number of hydrogen-bond donors (Lipinski definition) is 2. The highest BCUT2D eigenvalue weighted by molar-refractivity contribution is 7.99. The SMILES string of the molecule is C[C@@H]1OCC2(CCN(c3ncc(Sc4cccc5c4C(F)(F)C(=O)N5C)[nH]c3=O)CC2)[C@@H]1N. The van der Waals surface area contributed by atoms with Crippen LogP contribution in [0.1, 0.15) is 25.3 Å². The van der Waals surface area contributed by atoms with Gasteiger partial charge in [0.2, 0.25) is 0 Å². The minimum absolute atomic E-state index is 0.0243. The van der Waals surface area contributed by atoms with E-state index in [1.54, 1.807) is 6.07 Å². The number of nitrogens with zero attached hydrogens (tertiary/aromatic N) is 3. The third-order valence-electron chi connectivity index (χ3n) is 7.12. The zero-order chi connectivity index (χ0) is 23.5. The van der Waals surface area contributed by atoms with E-state index < -0.39 is 11.8 Å². The molecule has 5 rings (SSSR count). The lowest BCUT2D eigenvalue weighted by molar-refractivity contribution is -0.141. The number of nitrogens with two attached hydrogens (primary N) is 1. The Bertz CT molecular complexity index is 1160. The molecular weight excluding hydrogens is 452 g/mol. The highest BCUT2D eigenvalue weighted by atomic mass is 32.2. The number of aromatic nitrogens is 2. The monoisotopic (exact) mass is 477 g/mol. The van der Waals surface area contributed by atoms with Gasteiger partial charge in [0, 0.05) is 36.5 Å². The highest BCUT2D eigenvalue weighted by Crippen LogP contribution is 2.49. The van der Waals surface area contributed by atoms with Gasteiger partial charge in [-0.05, 0) is 31.9 Å². The summed E-state index contributed by atoms with van der Waals surface area (Å²) in [5, 5.41) is 0.323. The predicted octanol–water partition coefficient (Wildman–Crippen LogP) is 2.32. The van der Waals surface area contributed by atoms with Gasteiger partial charge in [0.15, 0.2) is 5.82 Å². The average Bonchev–Trinajstić information content (AvgIpc) is 3.16. The summed E-state index contributed by atoms with van der Waals surface area (Å²) in [5.41, 5.74) is 5.72. The normalized spacial score (nSPS) is 25.7. The van der Waals surface area contributed by atoms with Crippen molar-refractivity contribution in [2.45, 2.75) is 47.8 Å². The number of carbonyl (C=O) groups is 1. The largest absolute Gasteiger partial charge is 0.376 e. The number of fused-ring (bicyclic) bond motifs is 1. The number of hydrogen-bond acceptors (Lipinski definition) is 7. The molecule has 1 aromatic heterocycles. The van der Waals surface area contributed by atoms with Crippen molar-refractivity contribution in [3.05, 3.63) is 40.3 Å². The van der Waals surface area contributed by atoms with Crippen molar-refractivity contribution in [2.24, 2.45) is 11.1 Å². The fourth-order valence-electron chi connectivity index (χ4n) is 5.04. The van der Waals surface area contributed by atoms with Crippen LogP contribution < -0.4 is 21.1 Å². The summed E-state index contributed by atoms with van der Waals surface area (Å²) in [6, 6.07) is 4.57. The Hall–Kier alpha value is -2.50. The summed E-state index contributed by atoms with van der Waals surface area (Å²) in [4.78, 5) is 34.9. The number of aromatic amines is 1. The van der Waals surface area contributed by atoms with E-state index in [0.29, 0.717) is 30.5 Å². The van der Waals surface area contributed by atoms with Crippen molar-refractivity contribution in [2.75, 3.05) is 36.5 Å². The lowest BCUT2D eigenvalue weighted by atomic mass is 9.73. The highest BCUT2D eigenvalue weighted by Gasteiger charge is 2.53. The second kappa shape index (κ2) is 7.78. The molecule has 33 heavy (non-hydrogen) atoms. The Labute approximate surface area is 193 Å². The first-order chi connectivity index (χ1) is 15.6. The van der Waals surface area contributed by atoms with Crippen molar-refractivity contribution in [1.29, 1.82) is 0 Å². The summed E-state index contributed by atoms with van der Waals surface area (Å²) >= 11 is 0.956. The maximum absolute atomic E-state index is 14.6. The van der Waals surface area contributed by atoms with Crippen LogP contribution in [0.5, 0.6) is 0 Å². The van der Waals surface area contributed by atoms with Gasteiger partial charge in [-0.1, -0.05) is 17.8 Å². The molecule has 4 heterocycles. The number of alkyl halides is 2. The molecule has 176 valence electrons. The van der Waals surface area contributed by atoms with Crippen LogP contribution in [0.15, 0.2) is 39.1 Å². The van der Waals surface area contributed by atoms with Crippen LogP contribution in [0.25, 0.3) is 0 Å². The molecule has 3 N–H and O–H groups in total. The van der Waals surface area contributed by atoms with Crippen molar-refractivity contribution < 1.29 is 18.3 Å². The molecule has 0 bridgehead atoms. The van der Waals surface area contributed by atoms with Gasteiger partial charge in [0.05, 0.1) is 35.2 Å². The number of nitrogens with one attached hydrogen (secondary N) is 1. The zero-order valence-electron chi connectivity index (χ0n) is 18.3. The summed E-state index contributed by atoms with van der Waals surface area (Å²) in [7, 11) is 1.32. The zero-order valence-corrected chi connectivity index (χ0v) is 19.1. The Balaban J connectivity index is 1.35. The minimum atomic E-state index is -3.62. The van der Waals surface area contributed by atoms with Gasteiger partial charge in [0.1, 0.15) is 0 Å². The Morgan fingerprint density at radius 2 is 2.00 bits per heavy atom. The van der Waals surface area contributed by atoms with Gasteiger partial charge >= 0.3 is 11.8 Å². The van der Waals surface area contributed by atoms with Crippen LogP contribution in [0.2, 0.25) is 0 Å². The van der Waals surface area contributed by atoms with Gasteiger partial charge in [-0.3, -0.25) is 9.59 Å². The standard InChI is InChI=1S/C22H25F2N5O3S/c1-12-17(25)21(11-32-12)6-8-29(9-7-21)18-19(30)27-15(10-26-18)33-14-5-3-4-13-16(14)22(23,24)20(31)28(13)2/h3-5,10,12,17H,6-9,11,25H2,1-2H3,(H,27,30)/t12-,17+/m0/s1. The van der Waals surface area contributed by atoms with Gasteiger partial charge in [-0.25, -0.2) is 4.98 Å². The van der Waals surface area contributed by atoms with Crippen molar-refractivity contribution >= 4 is 29.2 Å². The minimum Gasteiger partial charge on any atom is -0.376 e. The maximum atomic E-state index is 14.6. The van der Waals surface area contributed by atoms with Crippen molar-refractivity contribution in [3.8, 4) is 0 Å². The van der Waals surface area contributed by atoms with Gasteiger partial charge < -0.3 is 25.3 Å². The third-order valence-corrected chi connectivity index (χ3v) is 8.11. The number of carbonyl (C=O) groups excluding carboxylic acids is 1. The topological polar surface area (TPSA) is 105 Å². The second-order valence-corrected chi connectivity index (χ2v) is 10.1. The average molecular weight is 478 g/mol. The second-order valence-electron chi connectivity index (χ2n) is 8.98. The lowest BCUT2D eigenvalue weighted by Crippen LogP contribution is -2.51. The molecule has 0 aliphatic carbocycles. The Morgan fingerprint density at radius 1 is 1.27 bits per heavy atom. The first-order valence-electron chi connectivity index (χ1n) is 10.8. The summed E-state index contributed by atoms with van der Waals surface area (Å²) in [5.74, 6) is -4.58. The molecule has 0 unspecified atom stereocenters. The first-order valence-corrected chi connectivity index (χ1v) is 11.6. The molecule has 2 saturated heterocycles. The molecular formula is C22H25F2N5O3S. The Morgan fingerprint density at radius 3 is 2.64 bits per heavy atom. The Kier molecular flexibility index (Phi) is 5.26. The van der Waals surface area contributed by atoms with Crippen LogP contribution in [0.4, 0.5) is 20.3 Å². The quantitative estimate of drug-likeness (QED) is 0.699. The van der Waals surface area contributed by atoms with E-state index in [1.807, 2.05) is 11.8 Å². The number of piperidine rings is 1. The summed E-state index contributed by atoms with van der Waals surface area (Å²) < 4.78 is 34.9. The number of ether oxygens (including phenoxy) is 1. The van der Waals surface area contributed by atoms with Crippen LogP contribution >= 0.6 is 11.8 Å².